The molecule has 0 aliphatic carbocycles. The summed E-state index contributed by atoms with van der Waals surface area (Å²) in [6.45, 7) is -3.41. The molecule has 0 spiro atoms. The van der Waals surface area contributed by atoms with Gasteiger partial charge in [-0.2, -0.15) is 0 Å². The Morgan fingerprint density at radius 2 is 2.26 bits per heavy atom. The molecule has 2 aliphatic rings. The van der Waals surface area contributed by atoms with E-state index in [0.717, 1.165) is 0 Å². The number of nitrogens with zero attached hydrogens (tertiary/aromatic N) is 1. The number of hydrogen-bond acceptors (Lipinski definition) is 4. The Morgan fingerprint density at radius 1 is 1.48 bits per heavy atom. The lowest BCUT2D eigenvalue weighted by molar-refractivity contribution is 0.103. The van der Waals surface area contributed by atoms with Gasteiger partial charge < -0.3 is 4.98 Å². The summed E-state index contributed by atoms with van der Waals surface area (Å²) in [5.41, 5.74) is -4.24. The van der Waals surface area contributed by atoms with E-state index in [1.54, 1.807) is 0 Å². The number of rotatable bonds is 6. The van der Waals surface area contributed by atoms with Crippen molar-refractivity contribution in [3.8, 4) is 11.4 Å². The van der Waals surface area contributed by atoms with Crippen molar-refractivity contribution in [1.82, 2.24) is 9.97 Å². The molecule has 0 unspecified atom stereocenters. The monoisotopic (exact) mass is 467 g/mol. The van der Waals surface area contributed by atoms with Crippen LogP contribution in [0.4, 0.5) is 14.5 Å². The van der Waals surface area contributed by atoms with E-state index < -0.39 is 93.1 Å². The van der Waals surface area contributed by atoms with Gasteiger partial charge in [-0.1, -0.05) is 6.85 Å². The Labute approximate surface area is 176 Å². The molecule has 6 nitrogen and oxygen atoms in total. The lowest BCUT2D eigenvalue weighted by Gasteiger charge is -2.11. The van der Waals surface area contributed by atoms with Gasteiger partial charge in [0.1, 0.15) is 11.6 Å². The van der Waals surface area contributed by atoms with Crippen molar-refractivity contribution in [1.29, 1.82) is 0 Å². The maximum Gasteiger partial charge on any atom is 0.232 e. The number of fused-ring (bicyclic) bond motifs is 1. The predicted octanol–water partition coefficient (Wildman–Crippen LogP) is 3.94. The van der Waals surface area contributed by atoms with Crippen LogP contribution in [0.15, 0.2) is 34.9 Å². The smallest absolute Gasteiger partial charge is 0.232 e. The van der Waals surface area contributed by atoms with Gasteiger partial charge in [0.05, 0.1) is 29.4 Å². The van der Waals surface area contributed by atoms with Crippen molar-refractivity contribution >= 4 is 37.4 Å². The highest BCUT2D eigenvalue weighted by atomic mass is 79.9. The van der Waals surface area contributed by atoms with Crippen molar-refractivity contribution in [2.24, 2.45) is 0 Å². The average molecular weight is 468 g/mol. The van der Waals surface area contributed by atoms with Crippen molar-refractivity contribution in [3.63, 3.8) is 0 Å². The average Bonchev–Trinajstić information content (AvgIpc) is 3.07. The maximum absolute atomic E-state index is 15.4. The summed E-state index contributed by atoms with van der Waals surface area (Å²) in [6.07, 6.45) is -4.55. The molecule has 1 aromatic rings. The third-order valence-electron chi connectivity index (χ3n) is 3.22. The predicted molar refractivity (Wildman–Crippen MR) is 100 cm³/mol. The number of H-pyrrole nitrogens is 1. The molecular weight excluding hydrogens is 444 g/mol. The minimum atomic E-state index is -5.08. The van der Waals surface area contributed by atoms with Gasteiger partial charge in [-0.25, -0.2) is 22.2 Å². The Balaban J connectivity index is 2.21. The van der Waals surface area contributed by atoms with E-state index in [-0.39, 0.29) is 16.5 Å². The lowest BCUT2D eigenvalue weighted by atomic mass is 10.00. The van der Waals surface area contributed by atoms with E-state index in [2.05, 4.69) is 25.9 Å². The number of pyridine rings is 1. The quantitative estimate of drug-likeness (QED) is 0.537. The van der Waals surface area contributed by atoms with Crippen molar-refractivity contribution < 1.29 is 35.7 Å². The van der Waals surface area contributed by atoms with Gasteiger partial charge >= 0.3 is 0 Å². The molecule has 0 amide bonds. The summed E-state index contributed by atoms with van der Waals surface area (Å²) >= 11 is 2.92. The summed E-state index contributed by atoms with van der Waals surface area (Å²) in [4.78, 5) is 19.3. The molecule has 2 aliphatic heterocycles. The molecule has 27 heavy (non-hydrogen) atoms. The molecule has 2 heterocycles. The first-order valence-electron chi connectivity index (χ1n) is 11.9. The van der Waals surface area contributed by atoms with Crippen LogP contribution in [0.1, 0.15) is 42.9 Å². The number of benzene rings is 1. The Hall–Kier alpha value is -2.33. The molecule has 0 fully saturated rings. The normalized spacial score (nSPS) is 18.0. The van der Waals surface area contributed by atoms with Gasteiger partial charge in [-0.05, 0) is 40.4 Å². The first-order chi connectivity index (χ1) is 16.7. The lowest BCUT2D eigenvalue weighted by Crippen LogP contribution is -2.18. The first-order valence-corrected chi connectivity index (χ1v) is 9.34. The number of ketones is 1. The Kier molecular flexibility index (Phi) is 2.80. The Morgan fingerprint density at radius 3 is 3.00 bits per heavy atom. The molecule has 10 heteroatoms. The first kappa shape index (κ1) is 10.3. The number of carbonyl (C=O) groups excluding carboxylic acids is 1. The van der Waals surface area contributed by atoms with Crippen LogP contribution >= 0.6 is 15.9 Å². The molecule has 0 atom stereocenters. The number of hydrogen-bond donors (Lipinski definition) is 2. The zero-order chi connectivity index (χ0) is 28.4. The molecule has 2 N–H and O–H groups in total. The van der Waals surface area contributed by atoms with Crippen molar-refractivity contribution in [2.75, 3.05) is 10.5 Å². The van der Waals surface area contributed by atoms with E-state index in [9.17, 15) is 17.6 Å². The van der Waals surface area contributed by atoms with Crippen LogP contribution in [-0.2, 0) is 10.0 Å². The molecule has 1 aromatic carbocycles. The number of anilines is 1. The molecule has 3 rings (SSSR count). The molecule has 0 aromatic heterocycles. The molecule has 0 saturated carbocycles. The summed E-state index contributed by atoms with van der Waals surface area (Å²) in [5, 5.41) is 0. The largest absolute Gasteiger partial charge is 0.345 e. The third-order valence-corrected chi connectivity index (χ3v) is 4.66. The van der Waals surface area contributed by atoms with Crippen LogP contribution < -0.4 is 4.72 Å². The van der Waals surface area contributed by atoms with Crippen LogP contribution in [0.2, 0.25) is 0 Å². The molecule has 0 saturated heterocycles. The van der Waals surface area contributed by atoms with Gasteiger partial charge in [0, 0.05) is 29.2 Å². The number of aromatic amines is 1. The summed E-state index contributed by atoms with van der Waals surface area (Å²) < 4.78 is 132. The SMILES string of the molecule is [2H]c1nc2[nH]c([2H])c(Br)c([2H])c-2c1C(=O)c1c(F)c([2H])c([2H])c(NS(=O)(=O)CC([2H])([2H])C([2H])([2H])[2H])c1F. The summed E-state index contributed by atoms with van der Waals surface area (Å²) in [6, 6.07) is -3.36. The second-order valence-corrected chi connectivity index (χ2v) is 7.52. The minimum absolute atomic E-state index is 0.179. The van der Waals surface area contributed by atoms with Crippen LogP contribution in [0.25, 0.3) is 11.4 Å². The Bertz CT molecular complexity index is 1530. The molecular formula is C17H14BrF2N3O3S. The summed E-state index contributed by atoms with van der Waals surface area (Å²) in [7, 11) is -5.08. The van der Waals surface area contributed by atoms with E-state index in [1.807, 2.05) is 0 Å². The van der Waals surface area contributed by atoms with Gasteiger partial charge in [-0.3, -0.25) is 9.52 Å². The molecule has 0 bridgehead atoms. The van der Waals surface area contributed by atoms with Crippen LogP contribution in [-0.4, -0.2) is 29.9 Å². The highest BCUT2D eigenvalue weighted by Crippen LogP contribution is 2.31. The highest BCUT2D eigenvalue weighted by molar-refractivity contribution is 9.10. The van der Waals surface area contributed by atoms with Crippen LogP contribution in [0.5, 0.6) is 0 Å². The van der Waals surface area contributed by atoms with Crippen LogP contribution in [0, 0.1) is 11.6 Å². The number of nitrogens with one attached hydrogen (secondary N) is 2. The zero-order valence-corrected chi connectivity index (χ0v) is 15.3. The number of aromatic nitrogens is 2. The topological polar surface area (TPSA) is 91.9 Å². The second kappa shape index (κ2) is 7.35. The number of halogens is 3. The minimum Gasteiger partial charge on any atom is -0.345 e. The van der Waals surface area contributed by atoms with E-state index in [1.165, 1.54) is 4.72 Å². The fourth-order valence-corrected chi connectivity index (χ4v) is 3.12. The van der Waals surface area contributed by atoms with E-state index >= 15 is 4.39 Å². The van der Waals surface area contributed by atoms with Gasteiger partial charge in [0.15, 0.2) is 5.82 Å². The van der Waals surface area contributed by atoms with Crippen LogP contribution in [0.3, 0.4) is 0 Å². The van der Waals surface area contributed by atoms with E-state index in [4.69, 9.17) is 13.7 Å². The fourth-order valence-electron chi connectivity index (χ4n) is 2.11. The molecule has 142 valence electrons. The third kappa shape index (κ3) is 3.86. The second-order valence-electron chi connectivity index (χ2n) is 5.01. The summed E-state index contributed by atoms with van der Waals surface area (Å²) in [5.74, 6) is -7.58. The number of sulfonamides is 1. The van der Waals surface area contributed by atoms with E-state index in [0.29, 0.717) is 0 Å². The van der Waals surface area contributed by atoms with Gasteiger partial charge in [-0.15, -0.1) is 0 Å². The number of carbonyl (C=O) groups is 1. The van der Waals surface area contributed by atoms with Crippen molar-refractivity contribution in [3.05, 3.63) is 57.7 Å². The fraction of sp³-hybridized carbons (Fsp3) is 0.176. The highest BCUT2D eigenvalue weighted by Gasteiger charge is 2.27. The van der Waals surface area contributed by atoms with Gasteiger partial charge in [0.2, 0.25) is 15.8 Å². The maximum atomic E-state index is 15.4. The zero-order valence-electron chi connectivity index (χ0n) is 22.9. The van der Waals surface area contributed by atoms with Gasteiger partial charge in [0.25, 0.3) is 0 Å². The standard InChI is InChI=1S/C17H14BrF2N3O3S/c1-2-5-27(25,26)23-13-4-3-12(19)14(15(13)20)16(24)11-8-22-17-10(11)6-9(18)7-21-17/h3-4,6-8,23H,2,5H2,1H3,(H,21,22)/i1D3,2D2,3D,4D,6D,7D,8D. The van der Waals surface area contributed by atoms with Crippen molar-refractivity contribution in [2.45, 2.75) is 13.2 Å². The molecule has 0 radical (unpaired) electrons.